The molecule has 28 heavy (non-hydrogen) atoms. The van der Waals surface area contributed by atoms with Crippen LogP contribution >= 0.6 is 23.2 Å². The molecule has 5 heteroatoms. The maximum atomic E-state index is 12.9. The van der Waals surface area contributed by atoms with Gasteiger partial charge >= 0.3 is 0 Å². The summed E-state index contributed by atoms with van der Waals surface area (Å²) in [6.07, 6.45) is 1.95. The zero-order valence-corrected chi connectivity index (χ0v) is 18.3. The molecule has 0 saturated carbocycles. The topological polar surface area (TPSA) is 23.6 Å². The van der Waals surface area contributed by atoms with E-state index in [1.807, 2.05) is 49.1 Å². The summed E-state index contributed by atoms with van der Waals surface area (Å²) in [5.74, 6) is 0.306. The van der Waals surface area contributed by atoms with Crippen LogP contribution in [0.1, 0.15) is 43.9 Å². The SMILES string of the molecule is CCCC(C)C(=O)N1CCN(c2ccc(C)cc2Cl)[C@H](c2ccc(Cl)cc2)C1. The molecule has 150 valence electrons. The fourth-order valence-corrected chi connectivity index (χ4v) is 4.42. The van der Waals surface area contributed by atoms with Crippen LogP contribution < -0.4 is 4.90 Å². The van der Waals surface area contributed by atoms with Crippen molar-refractivity contribution in [2.24, 2.45) is 5.92 Å². The number of benzene rings is 2. The van der Waals surface area contributed by atoms with Gasteiger partial charge in [-0.25, -0.2) is 0 Å². The van der Waals surface area contributed by atoms with Crippen molar-refractivity contribution in [2.75, 3.05) is 24.5 Å². The molecular weight excluding hydrogens is 391 g/mol. The zero-order valence-electron chi connectivity index (χ0n) is 16.8. The molecule has 2 aromatic carbocycles. The normalized spacial score (nSPS) is 18.2. The van der Waals surface area contributed by atoms with Crippen LogP contribution in [0.4, 0.5) is 5.69 Å². The molecule has 1 unspecified atom stereocenters. The molecule has 0 aromatic heterocycles. The van der Waals surface area contributed by atoms with Crippen molar-refractivity contribution < 1.29 is 4.79 Å². The highest BCUT2D eigenvalue weighted by atomic mass is 35.5. The van der Waals surface area contributed by atoms with Crippen LogP contribution in [0.15, 0.2) is 42.5 Å². The van der Waals surface area contributed by atoms with Gasteiger partial charge < -0.3 is 9.80 Å². The van der Waals surface area contributed by atoms with Crippen LogP contribution in [-0.2, 0) is 4.79 Å². The molecule has 0 radical (unpaired) electrons. The van der Waals surface area contributed by atoms with E-state index in [1.54, 1.807) is 0 Å². The van der Waals surface area contributed by atoms with Crippen molar-refractivity contribution in [1.29, 1.82) is 0 Å². The second kappa shape index (κ2) is 9.19. The van der Waals surface area contributed by atoms with Crippen molar-refractivity contribution in [2.45, 2.75) is 39.7 Å². The Morgan fingerprint density at radius 2 is 1.86 bits per heavy atom. The third kappa shape index (κ3) is 4.64. The second-order valence-electron chi connectivity index (χ2n) is 7.69. The van der Waals surface area contributed by atoms with Crippen LogP contribution in [0.25, 0.3) is 0 Å². The third-order valence-electron chi connectivity index (χ3n) is 5.50. The molecule has 1 fully saturated rings. The molecule has 1 heterocycles. The average molecular weight is 419 g/mol. The van der Waals surface area contributed by atoms with E-state index in [1.165, 1.54) is 0 Å². The number of hydrogen-bond acceptors (Lipinski definition) is 2. The number of anilines is 1. The summed E-state index contributed by atoms with van der Waals surface area (Å²) in [5, 5.41) is 1.46. The van der Waals surface area contributed by atoms with Crippen molar-refractivity contribution in [1.82, 2.24) is 4.90 Å². The Labute approximate surface area is 178 Å². The maximum absolute atomic E-state index is 12.9. The van der Waals surface area contributed by atoms with Crippen LogP contribution in [0.2, 0.25) is 10.0 Å². The van der Waals surface area contributed by atoms with Crippen molar-refractivity contribution in [3.8, 4) is 0 Å². The van der Waals surface area contributed by atoms with Gasteiger partial charge in [0, 0.05) is 30.6 Å². The number of carbonyl (C=O) groups is 1. The van der Waals surface area contributed by atoms with E-state index in [4.69, 9.17) is 23.2 Å². The zero-order chi connectivity index (χ0) is 20.3. The molecule has 1 amide bonds. The van der Waals surface area contributed by atoms with Crippen LogP contribution in [0.3, 0.4) is 0 Å². The molecule has 0 bridgehead atoms. The van der Waals surface area contributed by atoms with Crippen LogP contribution in [0, 0.1) is 12.8 Å². The highest BCUT2D eigenvalue weighted by Crippen LogP contribution is 2.36. The van der Waals surface area contributed by atoms with Crippen LogP contribution in [-0.4, -0.2) is 30.4 Å². The lowest BCUT2D eigenvalue weighted by Crippen LogP contribution is -2.52. The van der Waals surface area contributed by atoms with Gasteiger partial charge in [-0.1, -0.05) is 61.7 Å². The van der Waals surface area contributed by atoms with Crippen molar-refractivity contribution in [3.05, 3.63) is 63.6 Å². The lowest BCUT2D eigenvalue weighted by atomic mass is 9.98. The Kier molecular flexibility index (Phi) is 6.90. The first-order valence-electron chi connectivity index (χ1n) is 9.97. The van der Waals surface area contributed by atoms with Gasteiger partial charge in [0.2, 0.25) is 5.91 Å². The Morgan fingerprint density at radius 1 is 1.14 bits per heavy atom. The molecule has 0 aliphatic carbocycles. The third-order valence-corrected chi connectivity index (χ3v) is 6.06. The lowest BCUT2D eigenvalue weighted by molar-refractivity contribution is -0.136. The summed E-state index contributed by atoms with van der Waals surface area (Å²) in [6.45, 7) is 8.31. The Hall–Kier alpha value is -1.71. The predicted molar refractivity (Wildman–Crippen MR) is 118 cm³/mol. The fourth-order valence-electron chi connectivity index (χ4n) is 3.95. The molecule has 1 aliphatic heterocycles. The fraction of sp³-hybridized carbons (Fsp3) is 0.435. The minimum atomic E-state index is 0.0454. The van der Waals surface area contributed by atoms with Crippen molar-refractivity contribution in [3.63, 3.8) is 0 Å². The average Bonchev–Trinajstić information content (AvgIpc) is 2.68. The van der Waals surface area contributed by atoms with Gasteiger partial charge in [0.25, 0.3) is 0 Å². The van der Waals surface area contributed by atoms with Gasteiger partial charge in [-0.05, 0) is 48.7 Å². The van der Waals surface area contributed by atoms with Crippen LogP contribution in [0.5, 0.6) is 0 Å². The van der Waals surface area contributed by atoms with E-state index < -0.39 is 0 Å². The monoisotopic (exact) mass is 418 g/mol. The summed E-state index contributed by atoms with van der Waals surface area (Å²) in [6, 6.07) is 14.1. The van der Waals surface area contributed by atoms with E-state index >= 15 is 0 Å². The minimum absolute atomic E-state index is 0.0454. The predicted octanol–water partition coefficient (Wildman–Crippen LogP) is 6.13. The standard InChI is InChI=1S/C23H28Cl2N2O/c1-4-5-17(3)23(28)26-12-13-27(21-11-6-16(2)14-20(21)25)22(15-26)18-7-9-19(24)10-8-18/h6-11,14,17,22H,4-5,12-13,15H2,1-3H3/t17?,22-/m0/s1. The first-order valence-corrected chi connectivity index (χ1v) is 10.7. The van der Waals surface area contributed by atoms with Gasteiger partial charge in [-0.2, -0.15) is 0 Å². The van der Waals surface area contributed by atoms with Gasteiger partial charge in [0.15, 0.2) is 0 Å². The number of nitrogens with zero attached hydrogens (tertiary/aromatic N) is 2. The minimum Gasteiger partial charge on any atom is -0.360 e. The van der Waals surface area contributed by atoms with E-state index in [9.17, 15) is 4.79 Å². The number of halogens is 2. The number of hydrogen-bond donors (Lipinski definition) is 0. The summed E-state index contributed by atoms with van der Waals surface area (Å²) in [7, 11) is 0. The largest absolute Gasteiger partial charge is 0.360 e. The molecule has 2 atom stereocenters. The number of aryl methyl sites for hydroxylation is 1. The van der Waals surface area contributed by atoms with E-state index in [2.05, 4.69) is 24.0 Å². The quantitative estimate of drug-likeness (QED) is 0.582. The summed E-state index contributed by atoms with van der Waals surface area (Å²) < 4.78 is 0. The molecule has 3 nitrogen and oxygen atoms in total. The molecule has 0 N–H and O–H groups in total. The molecule has 2 aromatic rings. The summed E-state index contributed by atoms with van der Waals surface area (Å²) in [4.78, 5) is 17.3. The summed E-state index contributed by atoms with van der Waals surface area (Å²) in [5.41, 5.74) is 3.29. The van der Waals surface area contributed by atoms with Gasteiger partial charge in [-0.15, -0.1) is 0 Å². The smallest absolute Gasteiger partial charge is 0.225 e. The molecule has 3 rings (SSSR count). The molecule has 1 saturated heterocycles. The van der Waals surface area contributed by atoms with E-state index in [0.29, 0.717) is 18.1 Å². The number of piperazine rings is 1. The van der Waals surface area contributed by atoms with Gasteiger partial charge in [-0.3, -0.25) is 4.79 Å². The second-order valence-corrected chi connectivity index (χ2v) is 8.53. The highest BCUT2D eigenvalue weighted by Gasteiger charge is 2.33. The number of amides is 1. The Bertz CT molecular complexity index is 822. The maximum Gasteiger partial charge on any atom is 0.225 e. The summed E-state index contributed by atoms with van der Waals surface area (Å²) >= 11 is 12.7. The Balaban J connectivity index is 1.92. The Morgan fingerprint density at radius 3 is 2.50 bits per heavy atom. The number of rotatable bonds is 5. The van der Waals surface area contributed by atoms with Gasteiger partial charge in [0.05, 0.1) is 16.8 Å². The van der Waals surface area contributed by atoms with E-state index in [0.717, 1.165) is 41.2 Å². The number of carbonyl (C=O) groups excluding carboxylic acids is 1. The lowest BCUT2D eigenvalue weighted by Gasteiger charge is -2.44. The molecule has 1 aliphatic rings. The van der Waals surface area contributed by atoms with Gasteiger partial charge in [0.1, 0.15) is 0 Å². The first-order chi connectivity index (χ1) is 13.4. The van der Waals surface area contributed by atoms with E-state index in [-0.39, 0.29) is 17.9 Å². The molecular formula is C23H28Cl2N2O. The molecule has 0 spiro atoms. The van der Waals surface area contributed by atoms with Crippen molar-refractivity contribution >= 4 is 34.8 Å². The highest BCUT2D eigenvalue weighted by molar-refractivity contribution is 6.33. The first kappa shape index (κ1) is 21.0.